The summed E-state index contributed by atoms with van der Waals surface area (Å²) in [6.45, 7) is 10.7. The Labute approximate surface area is 77.1 Å². The summed E-state index contributed by atoms with van der Waals surface area (Å²) in [6.07, 6.45) is 2.48. The van der Waals surface area contributed by atoms with E-state index in [0.29, 0.717) is 0 Å². The van der Waals surface area contributed by atoms with E-state index in [1.54, 1.807) is 0 Å². The van der Waals surface area contributed by atoms with E-state index in [2.05, 4.69) is 27.8 Å². The van der Waals surface area contributed by atoms with Crippen LogP contribution in [-0.4, -0.2) is 38.0 Å². The fourth-order valence-corrected chi connectivity index (χ4v) is 1.63. The number of quaternary nitrogens is 1. The zero-order valence-corrected chi connectivity index (χ0v) is 9.10. The van der Waals surface area contributed by atoms with Crippen LogP contribution in [0.1, 0.15) is 33.6 Å². The van der Waals surface area contributed by atoms with Gasteiger partial charge < -0.3 is 9.22 Å². The van der Waals surface area contributed by atoms with Crippen LogP contribution in [0.25, 0.3) is 0 Å². The van der Waals surface area contributed by atoms with Crippen LogP contribution in [0.3, 0.4) is 0 Å². The van der Waals surface area contributed by atoms with Crippen LogP contribution in [0.4, 0.5) is 0 Å². The molecule has 0 unspecified atom stereocenters. The van der Waals surface area contributed by atoms with Gasteiger partial charge in [0.2, 0.25) is 0 Å². The minimum Gasteiger partial charge on any atom is -0.332 e. The summed E-state index contributed by atoms with van der Waals surface area (Å²) in [5, 5.41) is 0. The van der Waals surface area contributed by atoms with E-state index in [1.807, 2.05) is 0 Å². The normalized spacial score (nSPS) is 12.0. The highest BCUT2D eigenvalue weighted by Crippen LogP contribution is 2.05. The SMILES string of the molecule is CCC[N+](C)(CCC)COCC. The van der Waals surface area contributed by atoms with Crippen molar-refractivity contribution in [3.63, 3.8) is 0 Å². The Morgan fingerprint density at radius 1 is 1.00 bits per heavy atom. The molecule has 0 spiro atoms. The van der Waals surface area contributed by atoms with Gasteiger partial charge in [-0.05, 0) is 19.8 Å². The number of ether oxygens (including phenoxy) is 1. The highest BCUT2D eigenvalue weighted by Gasteiger charge is 2.18. The second kappa shape index (κ2) is 6.44. The first-order valence-corrected chi connectivity index (χ1v) is 5.09. The largest absolute Gasteiger partial charge is 0.332 e. The molecule has 12 heavy (non-hydrogen) atoms. The molecule has 0 aliphatic heterocycles. The van der Waals surface area contributed by atoms with Crippen LogP contribution in [0.5, 0.6) is 0 Å². The Morgan fingerprint density at radius 2 is 1.50 bits per heavy atom. The summed E-state index contributed by atoms with van der Waals surface area (Å²) in [4.78, 5) is 0. The average molecular weight is 174 g/mol. The van der Waals surface area contributed by atoms with Crippen molar-refractivity contribution < 1.29 is 9.22 Å². The van der Waals surface area contributed by atoms with Crippen molar-refractivity contribution in [2.75, 3.05) is 33.5 Å². The number of rotatable bonds is 7. The lowest BCUT2D eigenvalue weighted by Gasteiger charge is -2.33. The molecule has 0 N–H and O–H groups in total. The molecule has 2 heteroatoms. The lowest BCUT2D eigenvalue weighted by Crippen LogP contribution is -2.46. The predicted octanol–water partition coefficient (Wildman–Crippen LogP) is 2.25. The van der Waals surface area contributed by atoms with Crippen LogP contribution in [-0.2, 0) is 4.74 Å². The molecule has 0 rings (SSSR count). The third-order valence-electron chi connectivity index (χ3n) is 2.13. The van der Waals surface area contributed by atoms with Gasteiger partial charge in [0.15, 0.2) is 6.73 Å². The molecule has 0 aliphatic rings. The molecule has 0 aromatic rings. The number of hydrogen-bond acceptors (Lipinski definition) is 1. The van der Waals surface area contributed by atoms with E-state index in [4.69, 9.17) is 4.74 Å². The minimum absolute atomic E-state index is 0.835. The van der Waals surface area contributed by atoms with E-state index in [0.717, 1.165) is 17.8 Å². The van der Waals surface area contributed by atoms with Crippen LogP contribution >= 0.6 is 0 Å². The summed E-state index contributed by atoms with van der Waals surface area (Å²) in [6, 6.07) is 0. The van der Waals surface area contributed by atoms with Crippen molar-refractivity contribution in [2.45, 2.75) is 33.6 Å². The molecule has 0 saturated carbocycles. The van der Waals surface area contributed by atoms with Crippen LogP contribution in [0.15, 0.2) is 0 Å². The maximum atomic E-state index is 5.48. The quantitative estimate of drug-likeness (QED) is 0.425. The average Bonchev–Trinajstić information content (AvgIpc) is 2.02. The summed E-state index contributed by atoms with van der Waals surface area (Å²) in [7, 11) is 2.28. The highest BCUT2D eigenvalue weighted by atomic mass is 16.5. The Balaban J connectivity index is 3.80. The van der Waals surface area contributed by atoms with Gasteiger partial charge >= 0.3 is 0 Å². The Bertz CT molecular complexity index is 98.0. The zero-order valence-electron chi connectivity index (χ0n) is 9.10. The van der Waals surface area contributed by atoms with Gasteiger partial charge in [0, 0.05) is 6.61 Å². The van der Waals surface area contributed by atoms with E-state index >= 15 is 0 Å². The molecular formula is C10H24NO+. The number of nitrogens with zero attached hydrogens (tertiary/aromatic N) is 1. The molecule has 0 heterocycles. The topological polar surface area (TPSA) is 9.23 Å². The first-order chi connectivity index (χ1) is 5.68. The van der Waals surface area contributed by atoms with Crippen LogP contribution in [0, 0.1) is 0 Å². The first-order valence-electron chi connectivity index (χ1n) is 5.09. The summed E-state index contributed by atoms with van der Waals surface area (Å²) in [5.41, 5.74) is 0. The van der Waals surface area contributed by atoms with Crippen LogP contribution in [0.2, 0.25) is 0 Å². The zero-order chi connectivity index (χ0) is 9.45. The van der Waals surface area contributed by atoms with Gasteiger partial charge in [-0.1, -0.05) is 13.8 Å². The van der Waals surface area contributed by atoms with Gasteiger partial charge in [0.1, 0.15) is 0 Å². The predicted molar refractivity (Wildman–Crippen MR) is 53.0 cm³/mol. The first kappa shape index (κ1) is 11.9. The van der Waals surface area contributed by atoms with Crippen LogP contribution < -0.4 is 0 Å². The van der Waals surface area contributed by atoms with Gasteiger partial charge in [-0.15, -0.1) is 0 Å². The lowest BCUT2D eigenvalue weighted by molar-refractivity contribution is -0.928. The molecule has 0 aromatic heterocycles. The third-order valence-corrected chi connectivity index (χ3v) is 2.13. The lowest BCUT2D eigenvalue weighted by atomic mass is 10.3. The van der Waals surface area contributed by atoms with Gasteiger partial charge in [-0.3, -0.25) is 0 Å². The molecule has 0 fully saturated rings. The molecule has 0 atom stereocenters. The van der Waals surface area contributed by atoms with Gasteiger partial charge in [-0.2, -0.15) is 0 Å². The van der Waals surface area contributed by atoms with E-state index < -0.39 is 0 Å². The molecule has 74 valence electrons. The molecule has 0 aliphatic carbocycles. The molecule has 0 aromatic carbocycles. The molecular weight excluding hydrogens is 150 g/mol. The Hall–Kier alpha value is -0.0800. The maximum Gasteiger partial charge on any atom is 0.182 e. The molecule has 0 amide bonds. The second-order valence-corrected chi connectivity index (χ2v) is 3.69. The van der Waals surface area contributed by atoms with Crippen molar-refractivity contribution in [1.82, 2.24) is 0 Å². The second-order valence-electron chi connectivity index (χ2n) is 3.69. The molecule has 0 bridgehead atoms. The Morgan fingerprint density at radius 3 is 1.83 bits per heavy atom. The Kier molecular flexibility index (Phi) is 6.39. The molecule has 0 radical (unpaired) electrons. The molecule has 2 nitrogen and oxygen atoms in total. The fourth-order valence-electron chi connectivity index (χ4n) is 1.63. The van der Waals surface area contributed by atoms with Gasteiger partial charge in [-0.25, -0.2) is 0 Å². The van der Waals surface area contributed by atoms with E-state index in [1.165, 1.54) is 25.9 Å². The summed E-state index contributed by atoms with van der Waals surface area (Å²) >= 11 is 0. The summed E-state index contributed by atoms with van der Waals surface area (Å²) < 4.78 is 6.55. The van der Waals surface area contributed by atoms with E-state index in [-0.39, 0.29) is 0 Å². The monoisotopic (exact) mass is 174 g/mol. The smallest absolute Gasteiger partial charge is 0.182 e. The van der Waals surface area contributed by atoms with E-state index in [9.17, 15) is 0 Å². The molecule has 0 saturated heterocycles. The third kappa shape index (κ3) is 4.73. The minimum atomic E-state index is 0.835. The van der Waals surface area contributed by atoms with Gasteiger partial charge in [0.05, 0.1) is 20.1 Å². The van der Waals surface area contributed by atoms with Crippen molar-refractivity contribution in [2.24, 2.45) is 0 Å². The van der Waals surface area contributed by atoms with Crippen molar-refractivity contribution in [3.8, 4) is 0 Å². The van der Waals surface area contributed by atoms with Crippen molar-refractivity contribution in [3.05, 3.63) is 0 Å². The van der Waals surface area contributed by atoms with Crippen molar-refractivity contribution >= 4 is 0 Å². The van der Waals surface area contributed by atoms with Gasteiger partial charge in [0.25, 0.3) is 0 Å². The summed E-state index contributed by atoms with van der Waals surface area (Å²) in [5.74, 6) is 0. The highest BCUT2D eigenvalue weighted by molar-refractivity contribution is 4.33. The number of hydrogen-bond donors (Lipinski definition) is 0. The standard InChI is InChI=1S/C10H24NO/c1-5-8-11(4,9-6-2)10-12-7-3/h5-10H2,1-4H3/q+1. The van der Waals surface area contributed by atoms with Crippen molar-refractivity contribution in [1.29, 1.82) is 0 Å². The maximum absolute atomic E-state index is 5.48. The fraction of sp³-hybridized carbons (Fsp3) is 1.00.